The average Bonchev–Trinajstić information content (AvgIpc) is 2.16. The maximum absolute atomic E-state index is 12.1. The maximum Gasteiger partial charge on any atom is 0.573 e. The molecule has 0 spiro atoms. The molecule has 7 heteroatoms. The Morgan fingerprint density at radius 3 is 2.69 bits per heavy atom. The summed E-state index contributed by atoms with van der Waals surface area (Å²) in [7, 11) is 0. The highest BCUT2D eigenvalue weighted by atomic mass is 127. The van der Waals surface area contributed by atoms with Gasteiger partial charge in [0.2, 0.25) is 0 Å². The van der Waals surface area contributed by atoms with Gasteiger partial charge in [-0.15, -0.1) is 13.2 Å². The van der Waals surface area contributed by atoms with E-state index in [1.165, 1.54) is 13.1 Å². The number of rotatable bonds is 2. The lowest BCUT2D eigenvalue weighted by atomic mass is 10.1. The summed E-state index contributed by atoms with van der Waals surface area (Å²) < 4.78 is 40.8. The summed E-state index contributed by atoms with van der Waals surface area (Å²) in [6, 6.07) is 1.77. The Morgan fingerprint density at radius 1 is 1.56 bits per heavy atom. The molecule has 0 unspecified atom stereocenters. The van der Waals surface area contributed by atoms with E-state index in [4.69, 9.17) is 5.26 Å². The van der Waals surface area contributed by atoms with Crippen molar-refractivity contribution in [2.45, 2.75) is 19.7 Å². The van der Waals surface area contributed by atoms with Crippen LogP contribution in [0.25, 0.3) is 0 Å². The van der Waals surface area contributed by atoms with E-state index >= 15 is 0 Å². The van der Waals surface area contributed by atoms with Gasteiger partial charge in [0.1, 0.15) is 9.45 Å². The molecule has 1 heterocycles. The first-order valence-electron chi connectivity index (χ1n) is 4.12. The number of nitrogens with zero attached hydrogens (tertiary/aromatic N) is 2. The molecule has 16 heavy (non-hydrogen) atoms. The van der Waals surface area contributed by atoms with E-state index in [1.807, 2.05) is 0 Å². The van der Waals surface area contributed by atoms with Crippen LogP contribution in [0.1, 0.15) is 11.1 Å². The van der Waals surface area contributed by atoms with E-state index in [1.54, 1.807) is 28.7 Å². The zero-order valence-electron chi connectivity index (χ0n) is 8.10. The molecule has 0 aliphatic heterocycles. The van der Waals surface area contributed by atoms with E-state index < -0.39 is 6.36 Å². The van der Waals surface area contributed by atoms with Crippen LogP contribution in [0.15, 0.2) is 6.20 Å². The number of hydrogen-bond donors (Lipinski definition) is 0. The molecule has 1 aromatic heterocycles. The molecule has 0 radical (unpaired) electrons. The Morgan fingerprint density at radius 2 is 2.19 bits per heavy atom. The van der Waals surface area contributed by atoms with Crippen molar-refractivity contribution in [3.8, 4) is 11.8 Å². The standard InChI is InChI=1S/C9H6F3IN2O/c1-5-7(16-9(10,11)12)6(2-3-14)4-15-8(5)13/h4H,2H2,1H3. The average molecular weight is 342 g/mol. The number of alkyl halides is 3. The Labute approximate surface area is 103 Å². The Balaban J connectivity index is 3.22. The van der Waals surface area contributed by atoms with E-state index in [0.717, 1.165) is 0 Å². The summed E-state index contributed by atoms with van der Waals surface area (Å²) in [5.41, 5.74) is 0.420. The smallest absolute Gasteiger partial charge is 0.405 e. The van der Waals surface area contributed by atoms with Crippen molar-refractivity contribution >= 4 is 22.6 Å². The van der Waals surface area contributed by atoms with Crippen LogP contribution in [0.5, 0.6) is 5.75 Å². The lowest BCUT2D eigenvalue weighted by molar-refractivity contribution is -0.275. The third-order valence-corrected chi connectivity index (χ3v) is 2.85. The minimum Gasteiger partial charge on any atom is -0.405 e. The summed E-state index contributed by atoms with van der Waals surface area (Å²) in [5.74, 6) is -0.326. The number of halogens is 4. The van der Waals surface area contributed by atoms with Crippen LogP contribution in [0.3, 0.4) is 0 Å². The number of pyridine rings is 1. The summed E-state index contributed by atoms with van der Waals surface area (Å²) in [4.78, 5) is 3.88. The fraction of sp³-hybridized carbons (Fsp3) is 0.333. The van der Waals surface area contributed by atoms with Crippen LogP contribution in [0, 0.1) is 22.0 Å². The minimum absolute atomic E-state index is 0.137. The van der Waals surface area contributed by atoms with Crippen LogP contribution in [0.4, 0.5) is 13.2 Å². The van der Waals surface area contributed by atoms with Crippen molar-refractivity contribution in [2.75, 3.05) is 0 Å². The predicted octanol–water partition coefficient (Wildman–Crippen LogP) is 2.96. The number of ether oxygens (including phenoxy) is 1. The summed E-state index contributed by atoms with van der Waals surface area (Å²) >= 11 is 1.81. The third-order valence-electron chi connectivity index (χ3n) is 1.76. The topological polar surface area (TPSA) is 45.9 Å². The first kappa shape index (κ1) is 13.0. The second kappa shape index (κ2) is 4.86. The normalized spacial score (nSPS) is 11.0. The van der Waals surface area contributed by atoms with E-state index in [9.17, 15) is 13.2 Å². The molecule has 0 atom stereocenters. The number of nitriles is 1. The lowest BCUT2D eigenvalue weighted by Gasteiger charge is -2.14. The van der Waals surface area contributed by atoms with E-state index in [0.29, 0.717) is 3.70 Å². The SMILES string of the molecule is Cc1c(I)ncc(CC#N)c1OC(F)(F)F. The van der Waals surface area contributed by atoms with Gasteiger partial charge in [0.15, 0.2) is 0 Å². The Bertz CT molecular complexity index is 440. The highest BCUT2D eigenvalue weighted by Crippen LogP contribution is 2.31. The van der Waals surface area contributed by atoms with Gasteiger partial charge in [-0.1, -0.05) is 0 Å². The number of hydrogen-bond acceptors (Lipinski definition) is 3. The predicted molar refractivity (Wildman–Crippen MR) is 57.7 cm³/mol. The van der Waals surface area contributed by atoms with Gasteiger partial charge in [0, 0.05) is 17.3 Å². The van der Waals surface area contributed by atoms with Gasteiger partial charge in [0.05, 0.1) is 12.5 Å². The molecule has 1 rings (SSSR count). The Hall–Kier alpha value is -1.04. The van der Waals surface area contributed by atoms with Crippen molar-refractivity contribution in [1.29, 1.82) is 5.26 Å². The minimum atomic E-state index is -4.76. The molecule has 0 fully saturated rings. The molecule has 0 N–H and O–H groups in total. The van der Waals surface area contributed by atoms with Crippen molar-refractivity contribution in [3.05, 3.63) is 21.0 Å². The van der Waals surface area contributed by atoms with Crippen LogP contribution in [-0.4, -0.2) is 11.3 Å². The second-order valence-electron chi connectivity index (χ2n) is 2.91. The lowest BCUT2D eigenvalue weighted by Crippen LogP contribution is -2.19. The molecule has 0 bridgehead atoms. The molecule has 0 amide bonds. The number of aromatic nitrogens is 1. The monoisotopic (exact) mass is 342 g/mol. The molecule has 0 aromatic carbocycles. The zero-order chi connectivity index (χ0) is 12.3. The van der Waals surface area contributed by atoms with Gasteiger partial charge < -0.3 is 4.74 Å². The van der Waals surface area contributed by atoms with Crippen LogP contribution in [0.2, 0.25) is 0 Å². The van der Waals surface area contributed by atoms with Crippen molar-refractivity contribution in [3.63, 3.8) is 0 Å². The molecule has 0 aliphatic rings. The van der Waals surface area contributed by atoms with Crippen LogP contribution in [-0.2, 0) is 6.42 Å². The summed E-state index contributed by atoms with van der Waals surface area (Å²) in [6.07, 6.45) is -3.71. The molecule has 1 aromatic rings. The van der Waals surface area contributed by atoms with Gasteiger partial charge in [0.25, 0.3) is 0 Å². The summed E-state index contributed by atoms with van der Waals surface area (Å²) in [5, 5.41) is 8.49. The van der Waals surface area contributed by atoms with E-state index in [2.05, 4.69) is 9.72 Å². The van der Waals surface area contributed by atoms with E-state index in [-0.39, 0.29) is 23.3 Å². The highest BCUT2D eigenvalue weighted by Gasteiger charge is 2.33. The van der Waals surface area contributed by atoms with Gasteiger partial charge in [-0.2, -0.15) is 5.26 Å². The molecule has 0 aliphatic carbocycles. The fourth-order valence-electron chi connectivity index (χ4n) is 1.09. The van der Waals surface area contributed by atoms with Gasteiger partial charge in [-0.05, 0) is 29.5 Å². The summed E-state index contributed by atoms with van der Waals surface area (Å²) in [6.45, 7) is 1.47. The molecular formula is C9H6F3IN2O. The molecule has 86 valence electrons. The largest absolute Gasteiger partial charge is 0.573 e. The van der Waals surface area contributed by atoms with Crippen molar-refractivity contribution < 1.29 is 17.9 Å². The van der Waals surface area contributed by atoms with Gasteiger partial charge in [-0.25, -0.2) is 4.98 Å². The highest BCUT2D eigenvalue weighted by molar-refractivity contribution is 14.1. The molecule has 0 saturated carbocycles. The van der Waals surface area contributed by atoms with Crippen molar-refractivity contribution in [2.24, 2.45) is 0 Å². The third kappa shape index (κ3) is 3.23. The quantitative estimate of drug-likeness (QED) is 0.613. The Kier molecular flexibility index (Phi) is 3.96. The second-order valence-corrected chi connectivity index (χ2v) is 3.93. The van der Waals surface area contributed by atoms with Crippen LogP contribution < -0.4 is 4.74 Å². The zero-order valence-corrected chi connectivity index (χ0v) is 10.3. The van der Waals surface area contributed by atoms with Crippen LogP contribution >= 0.6 is 22.6 Å². The molecular weight excluding hydrogens is 336 g/mol. The van der Waals surface area contributed by atoms with Gasteiger partial charge >= 0.3 is 6.36 Å². The molecule has 0 saturated heterocycles. The maximum atomic E-state index is 12.1. The fourth-order valence-corrected chi connectivity index (χ4v) is 1.48. The van der Waals surface area contributed by atoms with Crippen molar-refractivity contribution in [1.82, 2.24) is 4.98 Å². The molecule has 3 nitrogen and oxygen atoms in total. The first-order chi connectivity index (χ1) is 7.35. The first-order valence-corrected chi connectivity index (χ1v) is 5.19. The van der Waals surface area contributed by atoms with Gasteiger partial charge in [-0.3, -0.25) is 0 Å².